The minimum absolute atomic E-state index is 0.931. The van der Waals surface area contributed by atoms with E-state index in [1.165, 1.54) is 0 Å². The molecule has 0 aromatic rings. The lowest BCUT2D eigenvalue weighted by Gasteiger charge is -1.62. The minimum atomic E-state index is -1.08. The van der Waals surface area contributed by atoms with Gasteiger partial charge in [0.05, 0.1) is 0 Å². The van der Waals surface area contributed by atoms with Crippen LogP contribution in [-0.2, 0) is 24.1 Å². The zero-order chi connectivity index (χ0) is 5.41. The molecule has 0 aliphatic heterocycles. The van der Waals surface area contributed by atoms with Crippen molar-refractivity contribution in [2.45, 2.75) is 0 Å². The Morgan fingerprint density at radius 2 is 1.33 bits per heavy atom. The van der Waals surface area contributed by atoms with Gasteiger partial charge in [-0.1, -0.05) is 11.6 Å². The maximum atomic E-state index is 8.35. The van der Waals surface area contributed by atoms with Crippen LogP contribution in [0.2, 0.25) is 0 Å². The predicted octanol–water partition coefficient (Wildman–Crippen LogP) is -2.94. The van der Waals surface area contributed by atoms with Crippen LogP contribution in [0.3, 0.4) is 0 Å². The standard InChI is InChI=1S/HO2S.H6OSi2/c1-3-2;2-1-3/h3H;2-3H3/q-1;. The second-order valence-electron chi connectivity index (χ2n) is 0.483. The van der Waals surface area contributed by atoms with Gasteiger partial charge in [-0.05, 0) is 0 Å². The first-order valence-electron chi connectivity index (χ1n) is 1.18. The van der Waals surface area contributed by atoms with Crippen molar-refractivity contribution in [3.05, 3.63) is 0 Å². The molecule has 0 aromatic heterocycles. The third kappa shape index (κ3) is 411. The Balaban J connectivity index is 0. The minimum Gasteiger partial charge on any atom is -0.471 e. The molecule has 0 rings (SSSR count). The van der Waals surface area contributed by atoms with E-state index in [2.05, 4.69) is 4.12 Å². The molecule has 0 fully saturated rings. The molecule has 0 aliphatic carbocycles. The lowest BCUT2D eigenvalue weighted by atomic mass is 15.8. The van der Waals surface area contributed by atoms with E-state index < -0.39 is 11.6 Å². The zero-order valence-corrected chi connectivity index (χ0v) is 8.57. The largest absolute Gasteiger partial charge is 0.471 e. The van der Waals surface area contributed by atoms with E-state index in [0.29, 0.717) is 0 Å². The Labute approximate surface area is 45.8 Å². The van der Waals surface area contributed by atoms with Crippen molar-refractivity contribution < 1.29 is 12.5 Å². The summed E-state index contributed by atoms with van der Waals surface area (Å²) in [5, 5.41) is 0. The van der Waals surface area contributed by atoms with Gasteiger partial charge < -0.3 is 12.5 Å². The molecule has 0 atom stereocenters. The van der Waals surface area contributed by atoms with E-state index in [4.69, 9.17) is 8.42 Å². The first-order chi connectivity index (χ1) is 2.83. The van der Waals surface area contributed by atoms with Crippen LogP contribution in [-0.4, -0.2) is 21.0 Å². The zero-order valence-electron chi connectivity index (χ0n) is 3.67. The van der Waals surface area contributed by atoms with Gasteiger partial charge in [-0.25, -0.2) is 0 Å². The SMILES string of the molecule is O=[SH-]=O.[SiH3]O[SiH3]. The van der Waals surface area contributed by atoms with Gasteiger partial charge in [0, 0.05) is 0 Å². The average Bonchev–Trinajstić information content (AvgIpc) is 1.39. The molecular formula is H7O3SSi2-. The second kappa shape index (κ2) is 18.4. The molecular weight excluding hydrogens is 136 g/mol. The van der Waals surface area contributed by atoms with Gasteiger partial charge in [0.25, 0.3) is 0 Å². The maximum Gasteiger partial charge on any atom is 0.129 e. The summed E-state index contributed by atoms with van der Waals surface area (Å²) in [5.74, 6) is 0. The van der Waals surface area contributed by atoms with Crippen molar-refractivity contribution in [2.75, 3.05) is 0 Å². The number of hydrogen-bond donors (Lipinski definition) is 0. The Hall–Kier alpha value is 0.344. The molecule has 0 spiro atoms. The summed E-state index contributed by atoms with van der Waals surface area (Å²) in [6, 6.07) is 0. The fourth-order valence-electron chi connectivity index (χ4n) is 0. The van der Waals surface area contributed by atoms with Gasteiger partial charge >= 0.3 is 0 Å². The van der Waals surface area contributed by atoms with Crippen molar-refractivity contribution in [2.24, 2.45) is 0 Å². The van der Waals surface area contributed by atoms with Crippen molar-refractivity contribution >= 4 is 32.5 Å². The number of thiol groups is 1. The number of hydrogen-bond acceptors (Lipinski definition) is 4. The molecule has 0 amide bonds. The number of rotatable bonds is 0. The quantitative estimate of drug-likeness (QED) is 0.207. The molecule has 0 saturated carbocycles. The van der Waals surface area contributed by atoms with Gasteiger partial charge in [-0.15, -0.1) is 0 Å². The summed E-state index contributed by atoms with van der Waals surface area (Å²) in [4.78, 5) is 0. The van der Waals surface area contributed by atoms with Crippen LogP contribution in [0.15, 0.2) is 0 Å². The van der Waals surface area contributed by atoms with Crippen LogP contribution in [0.1, 0.15) is 0 Å². The topological polar surface area (TPSA) is 43.4 Å². The van der Waals surface area contributed by atoms with Crippen LogP contribution in [0, 0.1) is 0 Å². The highest BCUT2D eigenvalue weighted by atomic mass is 32.1. The molecule has 0 saturated heterocycles. The van der Waals surface area contributed by atoms with Gasteiger partial charge in [0.2, 0.25) is 0 Å². The van der Waals surface area contributed by atoms with Crippen LogP contribution >= 0.6 is 0 Å². The molecule has 0 bridgehead atoms. The fourth-order valence-corrected chi connectivity index (χ4v) is 0. The van der Waals surface area contributed by atoms with Crippen molar-refractivity contribution in [3.63, 3.8) is 0 Å². The van der Waals surface area contributed by atoms with Gasteiger partial charge in [0.15, 0.2) is 0 Å². The van der Waals surface area contributed by atoms with Crippen molar-refractivity contribution in [1.29, 1.82) is 0 Å². The van der Waals surface area contributed by atoms with E-state index in [0.717, 1.165) is 21.0 Å². The summed E-state index contributed by atoms with van der Waals surface area (Å²) in [6.45, 7) is 0. The Bertz CT molecular complexity index is 38.1. The molecule has 6 heavy (non-hydrogen) atoms. The van der Waals surface area contributed by atoms with Gasteiger partial charge in [0.1, 0.15) is 21.0 Å². The molecule has 40 valence electrons. The summed E-state index contributed by atoms with van der Waals surface area (Å²) in [5.41, 5.74) is 0. The molecule has 0 unspecified atom stereocenters. The van der Waals surface area contributed by atoms with E-state index in [-0.39, 0.29) is 0 Å². The summed E-state index contributed by atoms with van der Waals surface area (Å²) in [6.07, 6.45) is 0. The third-order valence-corrected chi connectivity index (χ3v) is 0. The first kappa shape index (κ1) is 9.60. The normalized spacial score (nSPS) is 6.67. The first-order valence-corrected chi connectivity index (χ1v) is 3.54. The highest BCUT2D eigenvalue weighted by Crippen LogP contribution is 1.20. The van der Waals surface area contributed by atoms with E-state index in [1.807, 2.05) is 0 Å². The van der Waals surface area contributed by atoms with Gasteiger partial charge in [-0.3, -0.25) is 0 Å². The molecule has 0 N–H and O–H groups in total. The molecule has 0 aliphatic rings. The summed E-state index contributed by atoms with van der Waals surface area (Å²) < 4.78 is 21.2. The lowest BCUT2D eigenvalue weighted by Crippen LogP contribution is -1.65. The molecule has 0 aromatic carbocycles. The van der Waals surface area contributed by atoms with E-state index in [9.17, 15) is 0 Å². The molecule has 0 radical (unpaired) electrons. The monoisotopic (exact) mass is 143 g/mol. The third-order valence-electron chi connectivity index (χ3n) is 0. The predicted molar refractivity (Wildman–Crippen MR) is 31.1 cm³/mol. The highest BCUT2D eigenvalue weighted by Gasteiger charge is 1.28. The highest BCUT2D eigenvalue weighted by molar-refractivity contribution is 7.51. The van der Waals surface area contributed by atoms with E-state index in [1.54, 1.807) is 0 Å². The average molecular weight is 143 g/mol. The Kier molecular flexibility index (Phi) is 29.4. The molecule has 0 heterocycles. The Morgan fingerprint density at radius 1 is 1.33 bits per heavy atom. The van der Waals surface area contributed by atoms with Crippen LogP contribution in [0.4, 0.5) is 0 Å². The van der Waals surface area contributed by atoms with Crippen LogP contribution < -0.4 is 0 Å². The van der Waals surface area contributed by atoms with Crippen molar-refractivity contribution in [3.8, 4) is 0 Å². The van der Waals surface area contributed by atoms with E-state index >= 15 is 0 Å². The maximum absolute atomic E-state index is 8.35. The second-order valence-corrected chi connectivity index (χ2v) is 3.90. The smallest absolute Gasteiger partial charge is 0.129 e. The fraction of sp³-hybridized carbons (Fsp3) is 0. The van der Waals surface area contributed by atoms with Crippen molar-refractivity contribution in [1.82, 2.24) is 0 Å². The summed E-state index contributed by atoms with van der Waals surface area (Å²) >= 11 is -1.08. The van der Waals surface area contributed by atoms with Gasteiger partial charge in [-0.2, -0.15) is 0 Å². The Morgan fingerprint density at radius 3 is 1.33 bits per heavy atom. The molecule has 3 nitrogen and oxygen atoms in total. The summed E-state index contributed by atoms with van der Waals surface area (Å²) in [7, 11) is 1.86. The van der Waals surface area contributed by atoms with Crippen LogP contribution in [0.25, 0.3) is 0 Å². The van der Waals surface area contributed by atoms with Crippen LogP contribution in [0.5, 0.6) is 0 Å². The molecule has 6 heteroatoms. The lowest BCUT2D eigenvalue weighted by molar-refractivity contribution is 0.541.